The summed E-state index contributed by atoms with van der Waals surface area (Å²) in [6.07, 6.45) is -4.88. The van der Waals surface area contributed by atoms with Gasteiger partial charge < -0.3 is 30.0 Å². The molecule has 68 valence electrons. The molecule has 6 nitrogen and oxygen atoms in total. The minimum absolute atomic E-state index is 0. The van der Waals surface area contributed by atoms with Crippen LogP contribution in [0.3, 0.4) is 0 Å². The molecule has 0 amide bonds. The molecule has 2 N–H and O–H groups in total. The molecule has 0 bridgehead atoms. The summed E-state index contributed by atoms with van der Waals surface area (Å²) in [4.78, 5) is 19.3. The second-order valence-electron chi connectivity index (χ2n) is 1.53. The van der Waals surface area contributed by atoms with Gasteiger partial charge in [-0.2, -0.15) is 0 Å². The molecular formula is C4H4CuNaO6. The van der Waals surface area contributed by atoms with E-state index in [1.54, 1.807) is 0 Å². The summed E-state index contributed by atoms with van der Waals surface area (Å²) < 4.78 is 0. The molecular weight excluding hydrogens is 231 g/mol. The summed E-state index contributed by atoms with van der Waals surface area (Å²) in [5, 5.41) is 35.7. The number of aliphatic carboxylic acids is 2. The second kappa shape index (κ2) is 8.00. The molecule has 0 saturated carbocycles. The molecule has 2 unspecified atom stereocenters. The zero-order chi connectivity index (χ0) is 8.31. The number of carbonyl (C=O) groups is 2. The minimum Gasteiger partial charge on any atom is -0.547 e. The van der Waals surface area contributed by atoms with Crippen molar-refractivity contribution >= 4 is 11.9 Å². The second-order valence-corrected chi connectivity index (χ2v) is 1.53. The third-order valence-electron chi connectivity index (χ3n) is 0.782. The fraction of sp³-hybridized carbons (Fsp3) is 0.500. The number of carboxylic acids is 2. The molecule has 0 radical (unpaired) electrons. The quantitative estimate of drug-likeness (QED) is 0.468. The summed E-state index contributed by atoms with van der Waals surface area (Å²) in [7, 11) is 0. The summed E-state index contributed by atoms with van der Waals surface area (Å²) in [6.45, 7) is 0. The Morgan fingerprint density at radius 2 is 1.17 bits per heavy atom. The zero-order valence-electron chi connectivity index (χ0n) is 5.98. The number of hydrogen-bond donors (Lipinski definition) is 2. The maximum Gasteiger partial charge on any atom is 1.00 e. The number of carboxylic acid groups (broad SMARTS) is 2. The van der Waals surface area contributed by atoms with Gasteiger partial charge in [0.05, 0.1) is 11.9 Å². The number of rotatable bonds is 3. The first-order valence-corrected chi connectivity index (χ1v) is 2.24. The Labute approximate surface area is 100 Å². The Hall–Kier alpha value is 0.379. The van der Waals surface area contributed by atoms with Crippen LogP contribution in [0.5, 0.6) is 0 Å². The van der Waals surface area contributed by atoms with E-state index < -0.39 is 24.1 Å². The monoisotopic (exact) mass is 234 g/mol. The van der Waals surface area contributed by atoms with E-state index >= 15 is 0 Å². The third-order valence-corrected chi connectivity index (χ3v) is 0.782. The van der Waals surface area contributed by atoms with Gasteiger partial charge in [0.25, 0.3) is 0 Å². The van der Waals surface area contributed by atoms with Gasteiger partial charge in [0.15, 0.2) is 0 Å². The first-order valence-electron chi connectivity index (χ1n) is 2.24. The van der Waals surface area contributed by atoms with Crippen molar-refractivity contribution in [2.45, 2.75) is 12.2 Å². The molecule has 0 aromatic heterocycles. The maximum atomic E-state index is 9.63. The van der Waals surface area contributed by atoms with Crippen molar-refractivity contribution in [2.75, 3.05) is 0 Å². The predicted molar refractivity (Wildman–Crippen MR) is 22.0 cm³/mol. The van der Waals surface area contributed by atoms with Crippen LogP contribution >= 0.6 is 0 Å². The first kappa shape index (κ1) is 18.2. The standard InChI is InChI=1S/C4H6O6.Cu.Na/c5-1(3(7)8)2(6)4(9)10;;/h1-2,5-6H,(H,7,8)(H,9,10);;/q;2*+1/p-2. The van der Waals surface area contributed by atoms with E-state index in [9.17, 15) is 19.8 Å². The van der Waals surface area contributed by atoms with Gasteiger partial charge in [-0.3, -0.25) is 0 Å². The van der Waals surface area contributed by atoms with E-state index in [0.717, 1.165) is 0 Å². The largest absolute Gasteiger partial charge is 1.00 e. The molecule has 2 atom stereocenters. The van der Waals surface area contributed by atoms with Crippen LogP contribution in [0, 0.1) is 0 Å². The van der Waals surface area contributed by atoms with Crippen LogP contribution in [-0.4, -0.2) is 34.4 Å². The van der Waals surface area contributed by atoms with Crippen molar-refractivity contribution in [3.63, 3.8) is 0 Å². The Bertz CT molecular complexity index is 144. The minimum atomic E-state index is -2.44. The fourth-order valence-electron chi connectivity index (χ4n) is 0.258. The van der Waals surface area contributed by atoms with E-state index in [2.05, 4.69) is 0 Å². The van der Waals surface area contributed by atoms with Crippen LogP contribution < -0.4 is 39.8 Å². The molecule has 0 aromatic rings. The van der Waals surface area contributed by atoms with E-state index in [-0.39, 0.29) is 46.6 Å². The van der Waals surface area contributed by atoms with Crippen molar-refractivity contribution in [3.8, 4) is 0 Å². The molecule has 0 aliphatic heterocycles. The topological polar surface area (TPSA) is 121 Å². The molecule has 0 heterocycles. The fourth-order valence-corrected chi connectivity index (χ4v) is 0.258. The van der Waals surface area contributed by atoms with Crippen LogP contribution in [0.25, 0.3) is 0 Å². The van der Waals surface area contributed by atoms with Crippen molar-refractivity contribution in [1.29, 1.82) is 0 Å². The summed E-state index contributed by atoms with van der Waals surface area (Å²) in [5.41, 5.74) is 0. The molecule has 12 heavy (non-hydrogen) atoms. The van der Waals surface area contributed by atoms with E-state index in [0.29, 0.717) is 0 Å². The van der Waals surface area contributed by atoms with Gasteiger partial charge in [0, 0.05) is 0 Å². The molecule has 0 aliphatic carbocycles. The Morgan fingerprint density at radius 3 is 1.25 bits per heavy atom. The van der Waals surface area contributed by atoms with Gasteiger partial charge in [-0.25, -0.2) is 0 Å². The Balaban J connectivity index is -0.000000405. The molecule has 0 saturated heterocycles. The Kier molecular flexibility index (Phi) is 12.1. The van der Waals surface area contributed by atoms with Gasteiger partial charge in [-0.05, 0) is 0 Å². The van der Waals surface area contributed by atoms with Crippen LogP contribution in [0.2, 0.25) is 0 Å². The maximum absolute atomic E-state index is 9.63. The van der Waals surface area contributed by atoms with Crippen molar-refractivity contribution in [1.82, 2.24) is 0 Å². The number of aliphatic hydroxyl groups excluding tert-OH is 2. The van der Waals surface area contributed by atoms with Gasteiger partial charge in [-0.1, -0.05) is 0 Å². The first-order chi connectivity index (χ1) is 4.46. The van der Waals surface area contributed by atoms with Gasteiger partial charge >= 0.3 is 46.6 Å². The van der Waals surface area contributed by atoms with Crippen molar-refractivity contribution < 1.29 is 76.6 Å². The Morgan fingerprint density at radius 1 is 1.00 bits per heavy atom. The molecule has 0 aromatic carbocycles. The third kappa shape index (κ3) is 5.96. The van der Waals surface area contributed by atoms with Crippen molar-refractivity contribution in [3.05, 3.63) is 0 Å². The van der Waals surface area contributed by atoms with E-state index in [1.807, 2.05) is 0 Å². The number of aliphatic hydroxyl groups is 2. The van der Waals surface area contributed by atoms with Crippen LogP contribution in [0.4, 0.5) is 0 Å². The van der Waals surface area contributed by atoms with E-state index in [1.165, 1.54) is 0 Å². The average Bonchev–Trinajstić information content (AvgIpc) is 1.84. The van der Waals surface area contributed by atoms with E-state index in [4.69, 9.17) is 10.2 Å². The predicted octanol–water partition coefficient (Wildman–Crippen LogP) is -7.79. The summed E-state index contributed by atoms with van der Waals surface area (Å²) in [5.74, 6) is -4.12. The molecule has 0 fully saturated rings. The summed E-state index contributed by atoms with van der Waals surface area (Å²) in [6, 6.07) is 0. The smallest absolute Gasteiger partial charge is 0.547 e. The van der Waals surface area contributed by atoms with Crippen molar-refractivity contribution in [2.24, 2.45) is 0 Å². The van der Waals surface area contributed by atoms with Crippen LogP contribution in [0.1, 0.15) is 0 Å². The number of hydrogen-bond acceptors (Lipinski definition) is 6. The van der Waals surface area contributed by atoms with Crippen LogP contribution in [-0.2, 0) is 26.7 Å². The molecule has 0 aliphatic rings. The average molecular weight is 235 g/mol. The SMILES string of the molecule is O=C([O-])C(O)C(O)C(=O)[O-].[Cu+].[Na+]. The van der Waals surface area contributed by atoms with Gasteiger partial charge in [-0.15, -0.1) is 0 Å². The zero-order valence-corrected chi connectivity index (χ0v) is 8.93. The normalized spacial score (nSPS) is 13.2. The summed E-state index contributed by atoms with van der Waals surface area (Å²) >= 11 is 0. The molecule has 8 heteroatoms. The van der Waals surface area contributed by atoms with Crippen LogP contribution in [0.15, 0.2) is 0 Å². The van der Waals surface area contributed by atoms with Gasteiger partial charge in [0.2, 0.25) is 0 Å². The van der Waals surface area contributed by atoms with Gasteiger partial charge in [0.1, 0.15) is 12.2 Å². The molecule has 0 rings (SSSR count). The molecule has 0 spiro atoms. The number of carbonyl (C=O) groups excluding carboxylic acids is 2.